The highest BCUT2D eigenvalue weighted by Gasteiger charge is 1.88. The van der Waals surface area contributed by atoms with E-state index in [0.717, 1.165) is 25.0 Å². The second kappa shape index (κ2) is 7.41. The summed E-state index contributed by atoms with van der Waals surface area (Å²) in [5.74, 6) is 0.677. The molecule has 0 aliphatic carbocycles. The highest BCUT2D eigenvalue weighted by Crippen LogP contribution is 2.01. The molecule has 0 spiro atoms. The normalized spacial score (nSPS) is 9.92. The fourth-order valence-electron chi connectivity index (χ4n) is 0.664. The first-order valence-corrected chi connectivity index (χ1v) is 4.51. The van der Waals surface area contributed by atoms with E-state index in [0.29, 0.717) is 5.76 Å². The first kappa shape index (κ1) is 11.8. The van der Waals surface area contributed by atoms with Gasteiger partial charge in [0.15, 0.2) is 0 Å². The molecule has 0 aromatic carbocycles. The van der Waals surface area contributed by atoms with Crippen molar-refractivity contribution in [3.8, 4) is 0 Å². The molecule has 0 saturated heterocycles. The third-order valence-electron chi connectivity index (χ3n) is 1.53. The van der Waals surface area contributed by atoms with Crippen molar-refractivity contribution in [2.75, 3.05) is 6.61 Å². The summed E-state index contributed by atoms with van der Waals surface area (Å²) in [6.07, 6.45) is 7.53. The van der Waals surface area contributed by atoms with Crippen molar-refractivity contribution in [3.05, 3.63) is 49.3 Å². The van der Waals surface area contributed by atoms with Crippen molar-refractivity contribution in [2.45, 2.75) is 19.8 Å². The number of unbranched alkanes of at least 4 members (excludes halogenated alkanes) is 1. The predicted molar refractivity (Wildman–Crippen MR) is 58.5 cm³/mol. The van der Waals surface area contributed by atoms with Crippen LogP contribution in [0.5, 0.6) is 0 Å². The van der Waals surface area contributed by atoms with E-state index < -0.39 is 0 Å². The van der Waals surface area contributed by atoms with Crippen LogP contribution < -0.4 is 0 Å². The van der Waals surface area contributed by atoms with Gasteiger partial charge in [0.1, 0.15) is 5.76 Å². The van der Waals surface area contributed by atoms with Crippen molar-refractivity contribution in [1.29, 1.82) is 0 Å². The molecule has 0 aliphatic heterocycles. The van der Waals surface area contributed by atoms with Crippen LogP contribution in [0.3, 0.4) is 0 Å². The summed E-state index contributed by atoms with van der Waals surface area (Å²) >= 11 is 0. The van der Waals surface area contributed by atoms with Gasteiger partial charge in [-0.1, -0.05) is 45.2 Å². The van der Waals surface area contributed by atoms with Crippen LogP contribution in [0, 0.1) is 0 Å². The maximum Gasteiger partial charge on any atom is 0.112 e. The second-order valence-corrected chi connectivity index (χ2v) is 2.78. The zero-order valence-electron chi connectivity index (χ0n) is 8.38. The topological polar surface area (TPSA) is 9.23 Å². The Morgan fingerprint density at radius 1 is 1.31 bits per heavy atom. The largest absolute Gasteiger partial charge is 0.494 e. The fourth-order valence-corrected chi connectivity index (χ4v) is 0.664. The number of rotatable bonds is 7. The van der Waals surface area contributed by atoms with Crippen molar-refractivity contribution >= 4 is 0 Å². The van der Waals surface area contributed by atoms with E-state index in [1.165, 1.54) is 0 Å². The molecular formula is C12H18O. The van der Waals surface area contributed by atoms with Crippen LogP contribution in [-0.4, -0.2) is 6.61 Å². The lowest BCUT2D eigenvalue weighted by atomic mass is 10.2. The molecule has 0 radical (unpaired) electrons. The van der Waals surface area contributed by atoms with Crippen LogP contribution in [-0.2, 0) is 4.74 Å². The Morgan fingerprint density at radius 2 is 2.00 bits per heavy atom. The molecule has 0 aromatic rings. The molecule has 0 aromatic heterocycles. The molecule has 0 rings (SSSR count). The SMILES string of the molecule is C=CC(=C)/C=C\C(=C)OCCCC. The molecule has 1 heteroatoms. The number of hydrogen-bond acceptors (Lipinski definition) is 1. The van der Waals surface area contributed by atoms with Crippen molar-refractivity contribution in [2.24, 2.45) is 0 Å². The fraction of sp³-hybridized carbons (Fsp3) is 0.333. The maximum absolute atomic E-state index is 5.32. The standard InChI is InChI=1S/C12H18O/c1-5-7-10-13-12(4)9-8-11(3)6-2/h6,8-9H,2-5,7,10H2,1H3/b9-8-. The molecule has 0 unspecified atom stereocenters. The Kier molecular flexibility index (Phi) is 6.70. The van der Waals surface area contributed by atoms with Crippen LogP contribution >= 0.6 is 0 Å². The van der Waals surface area contributed by atoms with Crippen LogP contribution in [0.15, 0.2) is 49.3 Å². The van der Waals surface area contributed by atoms with Gasteiger partial charge in [-0.3, -0.25) is 0 Å². The van der Waals surface area contributed by atoms with Gasteiger partial charge in [-0.25, -0.2) is 0 Å². The van der Waals surface area contributed by atoms with Gasteiger partial charge in [0.25, 0.3) is 0 Å². The third kappa shape index (κ3) is 7.13. The first-order chi connectivity index (χ1) is 6.20. The molecule has 13 heavy (non-hydrogen) atoms. The van der Waals surface area contributed by atoms with Crippen molar-refractivity contribution in [3.63, 3.8) is 0 Å². The van der Waals surface area contributed by atoms with Crippen molar-refractivity contribution < 1.29 is 4.74 Å². The molecule has 0 N–H and O–H groups in total. The highest BCUT2D eigenvalue weighted by molar-refractivity contribution is 5.28. The second-order valence-electron chi connectivity index (χ2n) is 2.78. The Bertz CT molecular complexity index is 211. The summed E-state index contributed by atoms with van der Waals surface area (Å²) in [6.45, 7) is 13.9. The number of hydrogen-bond donors (Lipinski definition) is 0. The number of allylic oxidation sites excluding steroid dienone is 4. The predicted octanol–water partition coefficient (Wildman–Crippen LogP) is 3.62. The lowest BCUT2D eigenvalue weighted by Crippen LogP contribution is -1.90. The van der Waals surface area contributed by atoms with Gasteiger partial charge in [-0.2, -0.15) is 0 Å². The van der Waals surface area contributed by atoms with Crippen LogP contribution in [0.25, 0.3) is 0 Å². The summed E-state index contributed by atoms with van der Waals surface area (Å²) in [7, 11) is 0. The van der Waals surface area contributed by atoms with Crippen LogP contribution in [0.2, 0.25) is 0 Å². The van der Waals surface area contributed by atoms with E-state index in [9.17, 15) is 0 Å². The highest BCUT2D eigenvalue weighted by atomic mass is 16.5. The minimum absolute atomic E-state index is 0.677. The van der Waals surface area contributed by atoms with E-state index in [4.69, 9.17) is 4.74 Å². The average molecular weight is 178 g/mol. The van der Waals surface area contributed by atoms with Gasteiger partial charge < -0.3 is 4.74 Å². The Balaban J connectivity index is 3.67. The quantitative estimate of drug-likeness (QED) is 0.329. The zero-order valence-corrected chi connectivity index (χ0v) is 8.38. The Hall–Kier alpha value is -1.24. The molecule has 1 nitrogen and oxygen atoms in total. The van der Waals surface area contributed by atoms with E-state index in [1.54, 1.807) is 12.2 Å². The van der Waals surface area contributed by atoms with Gasteiger partial charge in [-0.05, 0) is 18.1 Å². The molecule has 0 saturated carbocycles. The molecule has 0 atom stereocenters. The van der Waals surface area contributed by atoms with Gasteiger partial charge in [-0.15, -0.1) is 0 Å². The van der Waals surface area contributed by atoms with Gasteiger partial charge in [0.05, 0.1) is 6.61 Å². The molecule has 0 aliphatic rings. The summed E-state index contributed by atoms with van der Waals surface area (Å²) in [4.78, 5) is 0. The summed E-state index contributed by atoms with van der Waals surface area (Å²) in [5.41, 5.74) is 0.861. The van der Waals surface area contributed by atoms with Crippen LogP contribution in [0.4, 0.5) is 0 Å². The van der Waals surface area contributed by atoms with Gasteiger partial charge in [0, 0.05) is 0 Å². The van der Waals surface area contributed by atoms with Crippen LogP contribution in [0.1, 0.15) is 19.8 Å². The Labute approximate surface area is 81.1 Å². The lowest BCUT2D eigenvalue weighted by Gasteiger charge is -2.03. The van der Waals surface area contributed by atoms with Crippen molar-refractivity contribution in [1.82, 2.24) is 0 Å². The van der Waals surface area contributed by atoms with Gasteiger partial charge >= 0.3 is 0 Å². The summed E-state index contributed by atoms with van der Waals surface area (Å²) in [6, 6.07) is 0. The first-order valence-electron chi connectivity index (χ1n) is 4.51. The maximum atomic E-state index is 5.32. The van der Waals surface area contributed by atoms with E-state index in [2.05, 4.69) is 26.7 Å². The number of ether oxygens (including phenoxy) is 1. The molecule has 72 valence electrons. The van der Waals surface area contributed by atoms with E-state index in [-0.39, 0.29) is 0 Å². The molecule has 0 heterocycles. The minimum atomic E-state index is 0.677. The van der Waals surface area contributed by atoms with E-state index >= 15 is 0 Å². The lowest BCUT2D eigenvalue weighted by molar-refractivity contribution is 0.221. The van der Waals surface area contributed by atoms with Gasteiger partial charge in [0.2, 0.25) is 0 Å². The average Bonchev–Trinajstić information content (AvgIpc) is 2.14. The monoisotopic (exact) mass is 178 g/mol. The molecule has 0 amide bonds. The summed E-state index contributed by atoms with van der Waals surface area (Å²) < 4.78 is 5.32. The third-order valence-corrected chi connectivity index (χ3v) is 1.53. The smallest absolute Gasteiger partial charge is 0.112 e. The zero-order chi connectivity index (χ0) is 10.1. The molecular weight excluding hydrogens is 160 g/mol. The van der Waals surface area contributed by atoms with E-state index in [1.807, 2.05) is 6.08 Å². The molecule has 0 bridgehead atoms. The Morgan fingerprint density at radius 3 is 2.54 bits per heavy atom. The summed E-state index contributed by atoms with van der Waals surface area (Å²) in [5, 5.41) is 0. The minimum Gasteiger partial charge on any atom is -0.494 e. The molecule has 0 fully saturated rings.